The van der Waals surface area contributed by atoms with Gasteiger partial charge >= 0.3 is 0 Å². The van der Waals surface area contributed by atoms with E-state index in [1.807, 2.05) is 13.8 Å². The Morgan fingerprint density at radius 3 is 2.58 bits per heavy atom. The molecule has 2 rings (SSSR count). The van der Waals surface area contributed by atoms with Gasteiger partial charge in [0.2, 0.25) is 0 Å². The van der Waals surface area contributed by atoms with Gasteiger partial charge in [-0.25, -0.2) is 8.78 Å². The first-order valence-corrected chi connectivity index (χ1v) is 6.08. The Balaban J connectivity index is 2.44. The number of rotatable bonds is 4. The van der Waals surface area contributed by atoms with Crippen LogP contribution in [0.5, 0.6) is 0 Å². The van der Waals surface area contributed by atoms with Gasteiger partial charge in [-0.3, -0.25) is 0 Å². The first-order chi connectivity index (χ1) is 9.00. The van der Waals surface area contributed by atoms with Gasteiger partial charge in [-0.2, -0.15) is 4.98 Å². The highest BCUT2D eigenvalue weighted by Crippen LogP contribution is 2.27. The predicted octanol–water partition coefficient (Wildman–Crippen LogP) is 2.99. The molecule has 19 heavy (non-hydrogen) atoms. The number of nitrogens with zero attached hydrogens (tertiary/aromatic N) is 2. The van der Waals surface area contributed by atoms with E-state index in [2.05, 4.69) is 10.1 Å². The quantitative estimate of drug-likeness (QED) is 0.924. The van der Waals surface area contributed by atoms with Gasteiger partial charge in [-0.1, -0.05) is 19.0 Å². The van der Waals surface area contributed by atoms with Crippen molar-refractivity contribution in [2.24, 2.45) is 5.73 Å². The van der Waals surface area contributed by atoms with Gasteiger partial charge in [-0.15, -0.1) is 0 Å². The molecular weight excluding hydrogens is 252 g/mol. The fourth-order valence-electron chi connectivity index (χ4n) is 1.76. The maximum atomic E-state index is 13.6. The molecule has 0 amide bonds. The fourth-order valence-corrected chi connectivity index (χ4v) is 1.76. The Kier molecular flexibility index (Phi) is 3.61. The highest BCUT2D eigenvalue weighted by Gasteiger charge is 2.29. The van der Waals surface area contributed by atoms with Gasteiger partial charge in [0.05, 0.1) is 11.1 Å². The Bertz CT molecular complexity index is 579. The molecule has 1 heterocycles. The third-order valence-corrected chi connectivity index (χ3v) is 3.29. The van der Waals surface area contributed by atoms with E-state index in [9.17, 15) is 8.78 Å². The lowest BCUT2D eigenvalue weighted by Crippen LogP contribution is -2.36. The molecule has 0 aliphatic carbocycles. The van der Waals surface area contributed by atoms with Crippen LogP contribution in [0.3, 0.4) is 0 Å². The molecular formula is C13H15F2N3O. The van der Waals surface area contributed by atoms with Crippen molar-refractivity contribution in [1.29, 1.82) is 0 Å². The van der Waals surface area contributed by atoms with E-state index in [4.69, 9.17) is 10.3 Å². The molecule has 1 aromatic heterocycles. The number of hydrogen-bond donors (Lipinski definition) is 1. The summed E-state index contributed by atoms with van der Waals surface area (Å²) in [6.07, 6.45) is 1.24. The molecule has 0 saturated heterocycles. The zero-order valence-corrected chi connectivity index (χ0v) is 10.8. The van der Waals surface area contributed by atoms with Crippen molar-refractivity contribution in [1.82, 2.24) is 10.1 Å². The Hall–Kier alpha value is -1.82. The van der Waals surface area contributed by atoms with Crippen molar-refractivity contribution in [3.8, 4) is 11.5 Å². The van der Waals surface area contributed by atoms with Crippen LogP contribution in [0, 0.1) is 11.6 Å². The molecule has 2 N–H and O–H groups in total. The average Bonchev–Trinajstić information content (AvgIpc) is 2.90. The molecule has 0 aliphatic rings. The van der Waals surface area contributed by atoms with Crippen LogP contribution in [-0.4, -0.2) is 10.1 Å². The summed E-state index contributed by atoms with van der Waals surface area (Å²) in [5.41, 5.74) is 5.35. The number of hydrogen-bond acceptors (Lipinski definition) is 4. The molecule has 0 spiro atoms. The Labute approximate surface area is 109 Å². The molecule has 6 heteroatoms. The van der Waals surface area contributed by atoms with E-state index >= 15 is 0 Å². The van der Waals surface area contributed by atoms with E-state index in [0.29, 0.717) is 18.7 Å². The van der Waals surface area contributed by atoms with Gasteiger partial charge in [-0.05, 0) is 31.0 Å². The summed E-state index contributed by atoms with van der Waals surface area (Å²) in [6.45, 7) is 3.81. The van der Waals surface area contributed by atoms with Crippen LogP contribution in [-0.2, 0) is 5.54 Å². The number of aromatic nitrogens is 2. The van der Waals surface area contributed by atoms with Crippen molar-refractivity contribution in [2.45, 2.75) is 32.2 Å². The third kappa shape index (κ3) is 2.49. The van der Waals surface area contributed by atoms with Crippen molar-refractivity contribution in [2.75, 3.05) is 0 Å². The molecule has 0 saturated carbocycles. The molecule has 0 fully saturated rings. The maximum Gasteiger partial charge on any atom is 0.261 e. The lowest BCUT2D eigenvalue weighted by atomic mass is 9.93. The second kappa shape index (κ2) is 5.05. The van der Waals surface area contributed by atoms with Crippen molar-refractivity contribution >= 4 is 0 Å². The monoisotopic (exact) mass is 267 g/mol. The zero-order valence-electron chi connectivity index (χ0n) is 10.8. The number of halogens is 2. The summed E-state index contributed by atoms with van der Waals surface area (Å²) in [7, 11) is 0. The van der Waals surface area contributed by atoms with E-state index in [1.54, 1.807) is 0 Å². The van der Waals surface area contributed by atoms with Gasteiger partial charge in [0, 0.05) is 0 Å². The van der Waals surface area contributed by atoms with Crippen LogP contribution in [0.25, 0.3) is 11.5 Å². The van der Waals surface area contributed by atoms with Gasteiger partial charge < -0.3 is 10.3 Å². The SMILES string of the molecule is CCC(N)(CC)c1noc(-c2cc(F)ccc2F)n1. The third-order valence-electron chi connectivity index (χ3n) is 3.29. The van der Waals surface area contributed by atoms with E-state index in [1.165, 1.54) is 0 Å². The Morgan fingerprint density at radius 1 is 1.26 bits per heavy atom. The van der Waals surface area contributed by atoms with Crippen LogP contribution < -0.4 is 5.73 Å². The van der Waals surface area contributed by atoms with Crippen LogP contribution >= 0.6 is 0 Å². The van der Waals surface area contributed by atoms with E-state index in [0.717, 1.165) is 18.2 Å². The zero-order chi connectivity index (χ0) is 14.0. The minimum Gasteiger partial charge on any atom is -0.334 e. The summed E-state index contributed by atoms with van der Waals surface area (Å²) in [6, 6.07) is 3.06. The van der Waals surface area contributed by atoms with Crippen molar-refractivity contribution in [3.63, 3.8) is 0 Å². The Morgan fingerprint density at radius 2 is 1.95 bits per heavy atom. The summed E-state index contributed by atoms with van der Waals surface area (Å²) in [5, 5.41) is 3.78. The topological polar surface area (TPSA) is 64.9 Å². The minimum absolute atomic E-state index is 0.0618. The standard InChI is InChI=1S/C13H15F2N3O/c1-3-13(16,4-2)12-17-11(19-18-12)9-7-8(14)5-6-10(9)15/h5-7H,3-4,16H2,1-2H3. The second-order valence-electron chi connectivity index (χ2n) is 4.41. The molecule has 0 atom stereocenters. The van der Waals surface area contributed by atoms with Crippen molar-refractivity contribution in [3.05, 3.63) is 35.7 Å². The molecule has 4 nitrogen and oxygen atoms in total. The smallest absolute Gasteiger partial charge is 0.261 e. The lowest BCUT2D eigenvalue weighted by Gasteiger charge is -2.21. The second-order valence-corrected chi connectivity index (χ2v) is 4.41. The molecule has 2 aromatic rings. The van der Waals surface area contributed by atoms with Gasteiger partial charge in [0.1, 0.15) is 11.6 Å². The molecule has 102 valence electrons. The fraction of sp³-hybridized carbons (Fsp3) is 0.385. The van der Waals surface area contributed by atoms with Crippen LogP contribution in [0.2, 0.25) is 0 Å². The average molecular weight is 267 g/mol. The molecule has 0 aliphatic heterocycles. The summed E-state index contributed by atoms with van der Waals surface area (Å²) in [4.78, 5) is 4.09. The predicted molar refractivity (Wildman–Crippen MR) is 66.1 cm³/mol. The first kappa shape index (κ1) is 13.6. The largest absolute Gasteiger partial charge is 0.334 e. The summed E-state index contributed by atoms with van der Waals surface area (Å²) >= 11 is 0. The minimum atomic E-state index is -0.717. The van der Waals surface area contributed by atoms with Gasteiger partial charge in [0.15, 0.2) is 5.82 Å². The van der Waals surface area contributed by atoms with Crippen LogP contribution in [0.1, 0.15) is 32.5 Å². The normalized spacial score (nSPS) is 11.8. The molecule has 0 bridgehead atoms. The van der Waals surface area contributed by atoms with Gasteiger partial charge in [0.25, 0.3) is 5.89 Å². The number of nitrogens with two attached hydrogens (primary N) is 1. The highest BCUT2D eigenvalue weighted by molar-refractivity contribution is 5.53. The van der Waals surface area contributed by atoms with Crippen LogP contribution in [0.15, 0.2) is 22.7 Å². The lowest BCUT2D eigenvalue weighted by molar-refractivity contribution is 0.350. The molecule has 0 radical (unpaired) electrons. The maximum absolute atomic E-state index is 13.6. The first-order valence-electron chi connectivity index (χ1n) is 6.08. The highest BCUT2D eigenvalue weighted by atomic mass is 19.1. The number of benzene rings is 1. The molecule has 1 aromatic carbocycles. The van der Waals surface area contributed by atoms with Crippen LogP contribution in [0.4, 0.5) is 8.78 Å². The summed E-state index contributed by atoms with van der Waals surface area (Å²) < 4.78 is 31.7. The van der Waals surface area contributed by atoms with Crippen molar-refractivity contribution < 1.29 is 13.3 Å². The van der Waals surface area contributed by atoms with E-state index in [-0.39, 0.29) is 11.5 Å². The molecule has 0 unspecified atom stereocenters. The van der Waals surface area contributed by atoms with E-state index < -0.39 is 17.2 Å². The summed E-state index contributed by atoms with van der Waals surface area (Å²) in [5.74, 6) is -0.951.